The van der Waals surface area contributed by atoms with Crippen molar-refractivity contribution >= 4 is 0 Å². The van der Waals surface area contributed by atoms with Crippen molar-refractivity contribution in [2.75, 3.05) is 6.61 Å². The van der Waals surface area contributed by atoms with Crippen molar-refractivity contribution in [3.8, 4) is 0 Å². The molecule has 0 saturated heterocycles. The summed E-state index contributed by atoms with van der Waals surface area (Å²) >= 11 is 0. The van der Waals surface area contributed by atoms with Crippen LogP contribution in [0.25, 0.3) is 0 Å². The molecule has 0 radical (unpaired) electrons. The van der Waals surface area contributed by atoms with Gasteiger partial charge in [0.1, 0.15) is 0 Å². The van der Waals surface area contributed by atoms with Gasteiger partial charge in [-0.25, -0.2) is 5.90 Å². The van der Waals surface area contributed by atoms with Gasteiger partial charge < -0.3 is 4.84 Å². The Morgan fingerprint density at radius 3 is 2.36 bits per heavy atom. The molecular formula is C9H19NO. The van der Waals surface area contributed by atoms with Crippen molar-refractivity contribution in [1.29, 1.82) is 0 Å². The smallest absolute Gasteiger partial charge is 0.0732 e. The lowest BCUT2D eigenvalue weighted by Crippen LogP contribution is -2.28. The molecule has 0 spiro atoms. The van der Waals surface area contributed by atoms with Crippen LogP contribution in [-0.2, 0) is 4.84 Å². The van der Waals surface area contributed by atoms with E-state index in [2.05, 4.69) is 13.8 Å². The van der Waals surface area contributed by atoms with Gasteiger partial charge in [-0.15, -0.1) is 0 Å². The summed E-state index contributed by atoms with van der Waals surface area (Å²) in [5.41, 5.74) is 0.283. The third kappa shape index (κ3) is 2.17. The first-order valence-electron chi connectivity index (χ1n) is 4.48. The summed E-state index contributed by atoms with van der Waals surface area (Å²) in [6, 6.07) is 0. The Hall–Kier alpha value is -0.0800. The van der Waals surface area contributed by atoms with Crippen molar-refractivity contribution in [3.05, 3.63) is 0 Å². The van der Waals surface area contributed by atoms with Gasteiger partial charge in [-0.3, -0.25) is 0 Å². The van der Waals surface area contributed by atoms with Gasteiger partial charge in [0, 0.05) is 0 Å². The molecule has 1 rings (SSSR count). The first-order chi connectivity index (χ1) is 5.17. The zero-order valence-electron chi connectivity index (χ0n) is 7.60. The van der Waals surface area contributed by atoms with Gasteiger partial charge in [0.15, 0.2) is 0 Å². The maximum Gasteiger partial charge on any atom is 0.0732 e. The molecule has 0 unspecified atom stereocenters. The molecule has 0 aliphatic heterocycles. The van der Waals surface area contributed by atoms with E-state index in [0.717, 1.165) is 5.92 Å². The highest BCUT2D eigenvalue weighted by atomic mass is 16.6. The number of hydrogen-bond acceptors (Lipinski definition) is 2. The van der Waals surface area contributed by atoms with Gasteiger partial charge >= 0.3 is 0 Å². The van der Waals surface area contributed by atoms with Gasteiger partial charge in [0.2, 0.25) is 0 Å². The average Bonchev–Trinajstić information content (AvgIpc) is 2.37. The molecule has 0 atom stereocenters. The summed E-state index contributed by atoms with van der Waals surface area (Å²) in [4.78, 5) is 4.72. The maximum absolute atomic E-state index is 5.08. The Bertz CT molecular complexity index is 117. The molecule has 0 heterocycles. The quantitative estimate of drug-likeness (QED) is 0.637. The van der Waals surface area contributed by atoms with Crippen molar-refractivity contribution in [3.63, 3.8) is 0 Å². The molecule has 2 N–H and O–H groups in total. The van der Waals surface area contributed by atoms with Gasteiger partial charge in [0.25, 0.3) is 0 Å². The molecule has 11 heavy (non-hydrogen) atoms. The minimum atomic E-state index is 0.283. The monoisotopic (exact) mass is 157 g/mol. The Labute approximate surface area is 69.1 Å². The molecule has 1 fully saturated rings. The van der Waals surface area contributed by atoms with Crippen LogP contribution in [0.4, 0.5) is 0 Å². The summed E-state index contributed by atoms with van der Waals surface area (Å²) < 4.78 is 0. The Balaban J connectivity index is 2.41. The van der Waals surface area contributed by atoms with E-state index in [-0.39, 0.29) is 5.41 Å². The minimum absolute atomic E-state index is 0.283. The molecule has 1 aliphatic rings. The average molecular weight is 157 g/mol. The highest BCUT2D eigenvalue weighted by Crippen LogP contribution is 2.39. The fourth-order valence-electron chi connectivity index (χ4n) is 2.04. The van der Waals surface area contributed by atoms with Crippen LogP contribution in [0.3, 0.4) is 0 Å². The molecule has 0 bridgehead atoms. The Morgan fingerprint density at radius 1 is 1.36 bits per heavy atom. The second-order valence-electron chi connectivity index (χ2n) is 4.28. The van der Waals surface area contributed by atoms with Gasteiger partial charge in [-0.1, -0.05) is 26.7 Å². The normalized spacial score (nSPS) is 21.0. The molecule has 0 aromatic heterocycles. The fraction of sp³-hybridized carbons (Fsp3) is 1.00. The minimum Gasteiger partial charge on any atom is -0.304 e. The second kappa shape index (κ2) is 3.55. The second-order valence-corrected chi connectivity index (χ2v) is 4.28. The lowest BCUT2D eigenvalue weighted by atomic mass is 9.78. The summed E-state index contributed by atoms with van der Waals surface area (Å²) in [5, 5.41) is 0. The maximum atomic E-state index is 5.08. The van der Waals surface area contributed by atoms with Gasteiger partial charge in [0.05, 0.1) is 6.61 Å². The highest BCUT2D eigenvalue weighted by Gasteiger charge is 2.31. The zero-order valence-corrected chi connectivity index (χ0v) is 7.60. The molecule has 2 heteroatoms. The predicted octanol–water partition coefficient (Wildman–Crippen LogP) is 2.09. The van der Waals surface area contributed by atoms with Crippen molar-refractivity contribution < 1.29 is 4.84 Å². The topological polar surface area (TPSA) is 35.2 Å². The van der Waals surface area contributed by atoms with E-state index in [0.29, 0.717) is 6.61 Å². The van der Waals surface area contributed by atoms with Crippen LogP contribution in [0.1, 0.15) is 39.5 Å². The van der Waals surface area contributed by atoms with Crippen LogP contribution in [0.2, 0.25) is 0 Å². The van der Waals surface area contributed by atoms with Crippen molar-refractivity contribution in [1.82, 2.24) is 0 Å². The van der Waals surface area contributed by atoms with Crippen molar-refractivity contribution in [2.24, 2.45) is 17.2 Å². The largest absolute Gasteiger partial charge is 0.304 e. The fourth-order valence-corrected chi connectivity index (χ4v) is 2.04. The van der Waals surface area contributed by atoms with Crippen LogP contribution < -0.4 is 5.90 Å². The third-order valence-corrected chi connectivity index (χ3v) is 2.92. The first kappa shape index (κ1) is 9.01. The molecule has 0 aromatic carbocycles. The van der Waals surface area contributed by atoms with Crippen molar-refractivity contribution in [2.45, 2.75) is 39.5 Å². The number of hydrogen-bond donors (Lipinski definition) is 1. The van der Waals surface area contributed by atoms with E-state index < -0.39 is 0 Å². The van der Waals surface area contributed by atoms with Crippen LogP contribution in [0.15, 0.2) is 0 Å². The molecule has 2 nitrogen and oxygen atoms in total. The summed E-state index contributed by atoms with van der Waals surface area (Å²) in [6.07, 6.45) is 5.49. The first-order valence-corrected chi connectivity index (χ1v) is 4.48. The highest BCUT2D eigenvalue weighted by molar-refractivity contribution is 4.81. The Morgan fingerprint density at radius 2 is 1.91 bits per heavy atom. The van der Waals surface area contributed by atoms with E-state index in [1.807, 2.05) is 0 Å². The SMILES string of the molecule is CC(C)(CON)C1CCCC1. The molecule has 0 aromatic rings. The third-order valence-electron chi connectivity index (χ3n) is 2.92. The van der Waals surface area contributed by atoms with Crippen LogP contribution >= 0.6 is 0 Å². The van der Waals surface area contributed by atoms with E-state index in [9.17, 15) is 0 Å². The summed E-state index contributed by atoms with van der Waals surface area (Å²) in [5.74, 6) is 5.91. The standard InChI is InChI=1S/C9H19NO/c1-9(2,7-11-10)8-5-3-4-6-8/h8H,3-7,10H2,1-2H3. The van der Waals surface area contributed by atoms with E-state index in [1.165, 1.54) is 25.7 Å². The molecular weight excluding hydrogens is 138 g/mol. The van der Waals surface area contributed by atoms with E-state index in [1.54, 1.807) is 0 Å². The van der Waals surface area contributed by atoms with Gasteiger partial charge in [-0.05, 0) is 24.2 Å². The zero-order chi connectivity index (χ0) is 8.32. The van der Waals surface area contributed by atoms with Gasteiger partial charge in [-0.2, -0.15) is 0 Å². The molecule has 66 valence electrons. The number of rotatable bonds is 3. The number of nitrogens with two attached hydrogens (primary N) is 1. The summed E-state index contributed by atoms with van der Waals surface area (Å²) in [7, 11) is 0. The summed E-state index contributed by atoms with van der Waals surface area (Å²) in [6.45, 7) is 5.18. The molecule has 0 amide bonds. The lowest BCUT2D eigenvalue weighted by Gasteiger charge is -2.30. The van der Waals surface area contributed by atoms with Crippen LogP contribution in [0.5, 0.6) is 0 Å². The molecule has 1 saturated carbocycles. The predicted molar refractivity (Wildman–Crippen MR) is 45.9 cm³/mol. The molecule has 1 aliphatic carbocycles. The van der Waals surface area contributed by atoms with Crippen LogP contribution in [-0.4, -0.2) is 6.61 Å². The van der Waals surface area contributed by atoms with E-state index in [4.69, 9.17) is 10.7 Å². The van der Waals surface area contributed by atoms with Crippen LogP contribution in [0, 0.1) is 11.3 Å². The Kier molecular flexibility index (Phi) is 2.90. The van der Waals surface area contributed by atoms with E-state index >= 15 is 0 Å². The lowest BCUT2D eigenvalue weighted by molar-refractivity contribution is 0.0295.